The molecule has 9 heavy (non-hydrogen) atoms. The first-order chi connectivity index (χ1) is 4.34. The summed E-state index contributed by atoms with van der Waals surface area (Å²) in [5.74, 6) is 0. The summed E-state index contributed by atoms with van der Waals surface area (Å²) in [4.78, 5) is 6.71. The van der Waals surface area contributed by atoms with Crippen LogP contribution < -0.4 is 5.32 Å². The molecule has 1 aromatic heterocycles. The molecule has 0 saturated carbocycles. The molecule has 4 heteroatoms. The molecule has 0 unspecified atom stereocenters. The highest BCUT2D eigenvalue weighted by molar-refractivity contribution is 6.30. The molecular formula is C5H8ClN3. The summed E-state index contributed by atoms with van der Waals surface area (Å²) in [6.07, 6.45) is 1.58. The molecule has 0 spiro atoms. The predicted molar refractivity (Wildman–Crippen MR) is 36.4 cm³/mol. The van der Waals surface area contributed by atoms with Gasteiger partial charge in [0.15, 0.2) is 5.15 Å². The standard InChI is InChI=1S/C5H8ClN3/c1-7-2-4-5(6)9-3-8-4/h3,7H,2H2,1H3,(H,8,9). The van der Waals surface area contributed by atoms with E-state index in [0.717, 1.165) is 12.2 Å². The van der Waals surface area contributed by atoms with E-state index < -0.39 is 0 Å². The minimum atomic E-state index is 0.546. The van der Waals surface area contributed by atoms with E-state index in [-0.39, 0.29) is 0 Å². The molecule has 0 atom stereocenters. The maximum absolute atomic E-state index is 5.64. The van der Waals surface area contributed by atoms with E-state index in [0.29, 0.717) is 5.15 Å². The molecule has 0 aliphatic carbocycles. The summed E-state index contributed by atoms with van der Waals surface area (Å²) in [5, 5.41) is 3.50. The fraction of sp³-hybridized carbons (Fsp3) is 0.400. The van der Waals surface area contributed by atoms with Crippen LogP contribution in [0.3, 0.4) is 0 Å². The fourth-order valence-corrected chi connectivity index (χ4v) is 0.775. The van der Waals surface area contributed by atoms with Crippen molar-refractivity contribution in [2.75, 3.05) is 7.05 Å². The number of halogens is 1. The van der Waals surface area contributed by atoms with Crippen molar-refractivity contribution in [3.05, 3.63) is 17.2 Å². The molecule has 2 N–H and O–H groups in total. The highest BCUT2D eigenvalue weighted by Gasteiger charge is 1.98. The van der Waals surface area contributed by atoms with Gasteiger partial charge in [-0.2, -0.15) is 0 Å². The number of aromatic nitrogens is 2. The molecule has 0 radical (unpaired) electrons. The Morgan fingerprint density at radius 1 is 1.89 bits per heavy atom. The summed E-state index contributed by atoms with van der Waals surface area (Å²) < 4.78 is 0. The quantitative estimate of drug-likeness (QED) is 0.646. The zero-order valence-corrected chi connectivity index (χ0v) is 5.87. The number of hydrogen-bond acceptors (Lipinski definition) is 2. The monoisotopic (exact) mass is 145 g/mol. The molecule has 0 fully saturated rings. The van der Waals surface area contributed by atoms with E-state index in [4.69, 9.17) is 11.6 Å². The van der Waals surface area contributed by atoms with Gasteiger partial charge in [0.2, 0.25) is 0 Å². The lowest BCUT2D eigenvalue weighted by molar-refractivity contribution is 0.797. The lowest BCUT2D eigenvalue weighted by atomic mass is 10.5. The van der Waals surface area contributed by atoms with Crippen molar-refractivity contribution < 1.29 is 0 Å². The third-order valence-corrected chi connectivity index (χ3v) is 1.34. The van der Waals surface area contributed by atoms with Crippen LogP contribution in [0.15, 0.2) is 6.33 Å². The molecule has 1 rings (SSSR count). The minimum Gasteiger partial charge on any atom is -0.346 e. The summed E-state index contributed by atoms with van der Waals surface area (Å²) in [7, 11) is 1.86. The lowest BCUT2D eigenvalue weighted by Gasteiger charge is -1.92. The highest BCUT2D eigenvalue weighted by Crippen LogP contribution is 2.07. The summed E-state index contributed by atoms with van der Waals surface area (Å²) in [5.41, 5.74) is 0.930. The van der Waals surface area contributed by atoms with E-state index in [1.807, 2.05) is 7.05 Å². The topological polar surface area (TPSA) is 40.7 Å². The molecule has 1 heterocycles. The Labute approximate surface area is 58.4 Å². The highest BCUT2D eigenvalue weighted by atomic mass is 35.5. The van der Waals surface area contributed by atoms with Gasteiger partial charge >= 0.3 is 0 Å². The van der Waals surface area contributed by atoms with Crippen molar-refractivity contribution in [2.24, 2.45) is 0 Å². The molecule has 0 aliphatic rings. The number of rotatable bonds is 2. The van der Waals surface area contributed by atoms with Crippen molar-refractivity contribution in [1.29, 1.82) is 0 Å². The maximum atomic E-state index is 5.64. The molecule has 0 saturated heterocycles. The molecular weight excluding hydrogens is 138 g/mol. The van der Waals surface area contributed by atoms with Crippen LogP contribution >= 0.6 is 11.6 Å². The zero-order valence-electron chi connectivity index (χ0n) is 5.11. The largest absolute Gasteiger partial charge is 0.346 e. The SMILES string of the molecule is CNCc1[nH]cnc1Cl. The molecule has 50 valence electrons. The van der Waals surface area contributed by atoms with Gasteiger partial charge in [0.25, 0.3) is 0 Å². The van der Waals surface area contributed by atoms with E-state index in [2.05, 4.69) is 15.3 Å². The number of nitrogens with zero attached hydrogens (tertiary/aromatic N) is 1. The Morgan fingerprint density at radius 3 is 3.11 bits per heavy atom. The van der Waals surface area contributed by atoms with Gasteiger partial charge < -0.3 is 10.3 Å². The van der Waals surface area contributed by atoms with Gasteiger partial charge in [0.1, 0.15) is 0 Å². The maximum Gasteiger partial charge on any atom is 0.151 e. The first kappa shape index (κ1) is 6.58. The van der Waals surface area contributed by atoms with Crippen LogP contribution in [0.4, 0.5) is 0 Å². The van der Waals surface area contributed by atoms with Gasteiger partial charge in [-0.3, -0.25) is 0 Å². The van der Waals surface area contributed by atoms with Crippen molar-refractivity contribution in [1.82, 2.24) is 15.3 Å². The predicted octanol–water partition coefficient (Wildman–Crippen LogP) is 0.783. The van der Waals surface area contributed by atoms with Gasteiger partial charge in [0, 0.05) is 6.54 Å². The molecule has 0 bridgehead atoms. The van der Waals surface area contributed by atoms with Crippen LogP contribution in [0, 0.1) is 0 Å². The Kier molecular flexibility index (Phi) is 2.08. The van der Waals surface area contributed by atoms with Crippen LogP contribution in [-0.4, -0.2) is 17.0 Å². The van der Waals surface area contributed by atoms with Gasteiger partial charge in [0.05, 0.1) is 12.0 Å². The number of hydrogen-bond donors (Lipinski definition) is 2. The Hall–Kier alpha value is -0.540. The van der Waals surface area contributed by atoms with E-state index in [1.54, 1.807) is 6.33 Å². The number of aromatic amines is 1. The number of H-pyrrole nitrogens is 1. The second-order valence-electron chi connectivity index (χ2n) is 1.70. The molecule has 0 aromatic carbocycles. The Morgan fingerprint density at radius 2 is 2.67 bits per heavy atom. The molecule has 0 aliphatic heterocycles. The molecule has 1 aromatic rings. The van der Waals surface area contributed by atoms with Crippen molar-refractivity contribution in [3.63, 3.8) is 0 Å². The van der Waals surface area contributed by atoms with Gasteiger partial charge in [-0.25, -0.2) is 4.98 Å². The third-order valence-electron chi connectivity index (χ3n) is 1.02. The summed E-state index contributed by atoms with van der Waals surface area (Å²) >= 11 is 5.64. The molecule has 0 amide bonds. The first-order valence-corrected chi connectivity index (χ1v) is 3.04. The van der Waals surface area contributed by atoms with Gasteiger partial charge in [-0.15, -0.1) is 0 Å². The number of imidazole rings is 1. The second kappa shape index (κ2) is 2.85. The van der Waals surface area contributed by atoms with Crippen LogP contribution in [0.1, 0.15) is 5.69 Å². The third kappa shape index (κ3) is 1.43. The van der Waals surface area contributed by atoms with E-state index in [1.165, 1.54) is 0 Å². The van der Waals surface area contributed by atoms with Gasteiger partial charge in [-0.05, 0) is 7.05 Å². The lowest BCUT2D eigenvalue weighted by Crippen LogP contribution is -2.05. The van der Waals surface area contributed by atoms with Crippen molar-refractivity contribution in [3.8, 4) is 0 Å². The average Bonchev–Trinajstić information content (AvgIpc) is 2.18. The summed E-state index contributed by atoms with van der Waals surface area (Å²) in [6.45, 7) is 0.735. The minimum absolute atomic E-state index is 0.546. The number of nitrogens with one attached hydrogen (secondary N) is 2. The van der Waals surface area contributed by atoms with Crippen LogP contribution in [0.25, 0.3) is 0 Å². The fourth-order valence-electron chi connectivity index (χ4n) is 0.605. The Balaban J connectivity index is 2.69. The molecule has 3 nitrogen and oxygen atoms in total. The summed E-state index contributed by atoms with van der Waals surface area (Å²) in [6, 6.07) is 0. The average molecular weight is 146 g/mol. The van der Waals surface area contributed by atoms with Crippen molar-refractivity contribution >= 4 is 11.6 Å². The van der Waals surface area contributed by atoms with E-state index in [9.17, 15) is 0 Å². The zero-order chi connectivity index (χ0) is 6.69. The first-order valence-electron chi connectivity index (χ1n) is 2.67. The van der Waals surface area contributed by atoms with Crippen molar-refractivity contribution in [2.45, 2.75) is 6.54 Å². The normalized spacial score (nSPS) is 10.0. The van der Waals surface area contributed by atoms with Gasteiger partial charge in [-0.1, -0.05) is 11.6 Å². The van der Waals surface area contributed by atoms with E-state index >= 15 is 0 Å². The van der Waals surface area contributed by atoms with Crippen LogP contribution in [0.2, 0.25) is 5.15 Å². The smallest absolute Gasteiger partial charge is 0.151 e. The van der Waals surface area contributed by atoms with Crippen LogP contribution in [-0.2, 0) is 6.54 Å². The Bertz CT molecular complexity index is 184. The second-order valence-corrected chi connectivity index (χ2v) is 2.06. The van der Waals surface area contributed by atoms with Crippen LogP contribution in [0.5, 0.6) is 0 Å².